The minimum absolute atomic E-state index is 0. The molecule has 2 N–H and O–H groups in total. The van der Waals surface area contributed by atoms with E-state index in [1.807, 2.05) is 65.5 Å². The van der Waals surface area contributed by atoms with Crippen LogP contribution in [0.3, 0.4) is 0 Å². The highest BCUT2D eigenvalue weighted by molar-refractivity contribution is 6.30. The standard InChI is InChI=1S/C22H23ClN4O.ClH/c23-18-10-8-16(9-11-18)21-17(12-14-25-22(28)20-7-4-13-24-20)15-27(26-21)19-5-2-1-3-6-19;/h1-3,5-6,8-11,15,20,24H,4,7,12-14H2,(H,25,28);1H. The lowest BCUT2D eigenvalue weighted by Gasteiger charge is -2.11. The molecule has 1 atom stereocenters. The molecule has 4 rings (SSSR count). The molecular weight excluding hydrogens is 407 g/mol. The average molecular weight is 431 g/mol. The third kappa shape index (κ3) is 5.18. The minimum atomic E-state index is -0.0530. The van der Waals surface area contributed by atoms with Gasteiger partial charge in [-0.15, -0.1) is 12.4 Å². The van der Waals surface area contributed by atoms with Gasteiger partial charge in [0.05, 0.1) is 17.4 Å². The predicted octanol–water partition coefficient (Wildman–Crippen LogP) is 4.03. The molecular formula is C22H24Cl2N4O. The summed E-state index contributed by atoms with van der Waals surface area (Å²) in [6.45, 7) is 1.50. The Morgan fingerprint density at radius 1 is 1.17 bits per heavy atom. The number of carbonyl (C=O) groups excluding carboxylic acids is 1. The SMILES string of the molecule is Cl.O=C(NCCc1cn(-c2ccccc2)nc1-c1ccc(Cl)cc1)C1CCCN1. The van der Waals surface area contributed by atoms with Crippen LogP contribution in [0.5, 0.6) is 0 Å². The van der Waals surface area contributed by atoms with Crippen LogP contribution in [-0.4, -0.2) is 34.8 Å². The van der Waals surface area contributed by atoms with Gasteiger partial charge in [-0.2, -0.15) is 5.10 Å². The van der Waals surface area contributed by atoms with Gasteiger partial charge in [0.1, 0.15) is 0 Å². The number of amides is 1. The number of nitrogens with one attached hydrogen (secondary N) is 2. The maximum Gasteiger partial charge on any atom is 0.237 e. The van der Waals surface area contributed by atoms with Gasteiger partial charge in [0.25, 0.3) is 0 Å². The normalized spacial score (nSPS) is 15.7. The molecule has 152 valence electrons. The Morgan fingerprint density at radius 3 is 2.62 bits per heavy atom. The van der Waals surface area contributed by atoms with Gasteiger partial charge in [0.15, 0.2) is 0 Å². The van der Waals surface area contributed by atoms with Crippen molar-refractivity contribution < 1.29 is 4.79 Å². The Balaban J connectivity index is 0.00000240. The molecule has 1 amide bonds. The Hall–Kier alpha value is -2.34. The van der Waals surface area contributed by atoms with Gasteiger partial charge in [0, 0.05) is 28.9 Å². The van der Waals surface area contributed by atoms with E-state index in [9.17, 15) is 4.79 Å². The van der Waals surface area contributed by atoms with Crippen LogP contribution >= 0.6 is 24.0 Å². The van der Waals surface area contributed by atoms with Crippen LogP contribution in [0.25, 0.3) is 16.9 Å². The summed E-state index contributed by atoms with van der Waals surface area (Å²) < 4.78 is 1.89. The summed E-state index contributed by atoms with van der Waals surface area (Å²) >= 11 is 6.04. The van der Waals surface area contributed by atoms with E-state index >= 15 is 0 Å². The third-order valence-corrected chi connectivity index (χ3v) is 5.25. The number of aromatic nitrogens is 2. The zero-order valence-corrected chi connectivity index (χ0v) is 17.5. The zero-order chi connectivity index (χ0) is 19.3. The highest BCUT2D eigenvalue weighted by Crippen LogP contribution is 2.25. The molecule has 29 heavy (non-hydrogen) atoms. The number of hydrogen-bond acceptors (Lipinski definition) is 3. The molecule has 0 spiro atoms. The summed E-state index contributed by atoms with van der Waals surface area (Å²) in [5.74, 6) is 0.0843. The molecule has 0 radical (unpaired) electrons. The Morgan fingerprint density at radius 2 is 1.93 bits per heavy atom. The lowest BCUT2D eigenvalue weighted by atomic mass is 10.1. The van der Waals surface area contributed by atoms with Crippen LogP contribution in [0.15, 0.2) is 60.8 Å². The van der Waals surface area contributed by atoms with Crippen molar-refractivity contribution in [3.05, 3.63) is 71.4 Å². The number of para-hydroxylation sites is 1. The molecule has 5 nitrogen and oxygen atoms in total. The van der Waals surface area contributed by atoms with Crippen molar-refractivity contribution >= 4 is 29.9 Å². The number of nitrogens with zero attached hydrogens (tertiary/aromatic N) is 2. The van der Waals surface area contributed by atoms with Gasteiger partial charge >= 0.3 is 0 Å². The van der Waals surface area contributed by atoms with E-state index in [1.54, 1.807) is 0 Å². The van der Waals surface area contributed by atoms with Crippen molar-refractivity contribution in [2.24, 2.45) is 0 Å². The van der Waals surface area contributed by atoms with Gasteiger partial charge in [-0.3, -0.25) is 4.79 Å². The van der Waals surface area contributed by atoms with E-state index < -0.39 is 0 Å². The predicted molar refractivity (Wildman–Crippen MR) is 119 cm³/mol. The molecule has 1 aliphatic rings. The minimum Gasteiger partial charge on any atom is -0.354 e. The second kappa shape index (κ2) is 9.92. The lowest BCUT2D eigenvalue weighted by Crippen LogP contribution is -2.41. The van der Waals surface area contributed by atoms with Crippen LogP contribution in [-0.2, 0) is 11.2 Å². The Labute approximate surface area is 181 Å². The van der Waals surface area contributed by atoms with Gasteiger partial charge in [0.2, 0.25) is 5.91 Å². The summed E-state index contributed by atoms with van der Waals surface area (Å²) in [7, 11) is 0. The van der Waals surface area contributed by atoms with Crippen molar-refractivity contribution in [2.75, 3.05) is 13.1 Å². The molecule has 1 aliphatic heterocycles. The second-order valence-corrected chi connectivity index (χ2v) is 7.42. The summed E-state index contributed by atoms with van der Waals surface area (Å²) in [5, 5.41) is 11.8. The highest BCUT2D eigenvalue weighted by Gasteiger charge is 2.21. The first kappa shape index (κ1) is 21.4. The number of rotatable bonds is 6. The van der Waals surface area contributed by atoms with Crippen molar-refractivity contribution in [1.82, 2.24) is 20.4 Å². The molecule has 2 aromatic carbocycles. The summed E-state index contributed by atoms with van der Waals surface area (Å²) in [6, 6.07) is 17.7. The summed E-state index contributed by atoms with van der Waals surface area (Å²) in [6.07, 6.45) is 4.72. The maximum absolute atomic E-state index is 12.2. The Bertz CT molecular complexity index is 935. The first-order valence-electron chi connectivity index (χ1n) is 9.62. The van der Waals surface area contributed by atoms with Gasteiger partial charge in [-0.25, -0.2) is 4.68 Å². The molecule has 7 heteroatoms. The van der Waals surface area contributed by atoms with Gasteiger partial charge in [-0.05, 0) is 50.1 Å². The van der Waals surface area contributed by atoms with E-state index in [1.165, 1.54) is 0 Å². The quantitative estimate of drug-likeness (QED) is 0.620. The number of hydrogen-bond donors (Lipinski definition) is 2. The van der Waals surface area contributed by atoms with Crippen LogP contribution in [0.2, 0.25) is 5.02 Å². The number of carbonyl (C=O) groups is 1. The summed E-state index contributed by atoms with van der Waals surface area (Å²) in [5.41, 5.74) is 4.01. The molecule has 1 unspecified atom stereocenters. The fourth-order valence-electron chi connectivity index (χ4n) is 3.51. The van der Waals surface area contributed by atoms with Crippen LogP contribution in [0, 0.1) is 0 Å². The second-order valence-electron chi connectivity index (χ2n) is 6.98. The van der Waals surface area contributed by atoms with Crippen molar-refractivity contribution in [1.29, 1.82) is 0 Å². The largest absolute Gasteiger partial charge is 0.354 e. The number of halogens is 2. The fraction of sp³-hybridized carbons (Fsp3) is 0.273. The van der Waals surface area contributed by atoms with E-state index in [0.29, 0.717) is 18.0 Å². The van der Waals surface area contributed by atoms with E-state index in [-0.39, 0.29) is 24.4 Å². The van der Waals surface area contributed by atoms with Gasteiger partial charge in [-0.1, -0.05) is 41.9 Å². The monoisotopic (exact) mass is 430 g/mol. The first-order chi connectivity index (χ1) is 13.7. The molecule has 3 aromatic rings. The van der Waals surface area contributed by atoms with E-state index in [0.717, 1.165) is 41.9 Å². The maximum atomic E-state index is 12.2. The van der Waals surface area contributed by atoms with E-state index in [4.69, 9.17) is 16.7 Å². The van der Waals surface area contributed by atoms with Crippen molar-refractivity contribution in [3.8, 4) is 16.9 Å². The van der Waals surface area contributed by atoms with Crippen LogP contribution < -0.4 is 10.6 Å². The smallest absolute Gasteiger partial charge is 0.237 e. The molecule has 0 saturated carbocycles. The topological polar surface area (TPSA) is 59.0 Å². The molecule has 0 aliphatic carbocycles. The third-order valence-electron chi connectivity index (χ3n) is 5.00. The van der Waals surface area contributed by atoms with Crippen LogP contribution in [0.4, 0.5) is 0 Å². The van der Waals surface area contributed by atoms with E-state index in [2.05, 4.69) is 10.6 Å². The Kier molecular flexibility index (Phi) is 7.31. The van der Waals surface area contributed by atoms with Crippen molar-refractivity contribution in [3.63, 3.8) is 0 Å². The molecule has 0 bridgehead atoms. The molecule has 1 saturated heterocycles. The first-order valence-corrected chi connectivity index (χ1v) is 9.99. The summed E-state index contributed by atoms with van der Waals surface area (Å²) in [4.78, 5) is 12.2. The number of benzene rings is 2. The molecule has 1 fully saturated rings. The van der Waals surface area contributed by atoms with Crippen LogP contribution in [0.1, 0.15) is 18.4 Å². The average Bonchev–Trinajstić information content (AvgIpc) is 3.40. The van der Waals surface area contributed by atoms with Gasteiger partial charge < -0.3 is 10.6 Å². The zero-order valence-electron chi connectivity index (χ0n) is 16.0. The molecule has 1 aromatic heterocycles. The fourth-order valence-corrected chi connectivity index (χ4v) is 3.63. The lowest BCUT2D eigenvalue weighted by molar-refractivity contribution is -0.122. The molecule has 2 heterocycles. The van der Waals surface area contributed by atoms with Crippen molar-refractivity contribution in [2.45, 2.75) is 25.3 Å². The highest BCUT2D eigenvalue weighted by atomic mass is 35.5.